The van der Waals surface area contributed by atoms with Gasteiger partial charge in [-0.2, -0.15) is 5.10 Å². The van der Waals surface area contributed by atoms with Gasteiger partial charge in [-0.15, -0.1) is 10.2 Å². The number of allylic oxidation sites excluding steroid dienone is 1. The van der Waals surface area contributed by atoms with E-state index in [0.29, 0.717) is 21.8 Å². The number of nitrogens with one attached hydrogen (secondary N) is 1. The molecule has 0 spiro atoms. The number of para-hydroxylation sites is 1. The van der Waals surface area contributed by atoms with E-state index in [-0.39, 0.29) is 11.7 Å². The predicted molar refractivity (Wildman–Crippen MR) is 127 cm³/mol. The molecule has 2 aromatic heterocycles. The summed E-state index contributed by atoms with van der Waals surface area (Å²) in [7, 11) is 0. The van der Waals surface area contributed by atoms with Gasteiger partial charge in [0.1, 0.15) is 5.76 Å². The molecular weight excluding hydrogens is 446 g/mol. The summed E-state index contributed by atoms with van der Waals surface area (Å²) in [6.07, 6.45) is 6.49. The molecule has 4 aromatic rings. The van der Waals surface area contributed by atoms with Crippen molar-refractivity contribution in [2.75, 3.05) is 5.75 Å². The van der Waals surface area contributed by atoms with Gasteiger partial charge in [0, 0.05) is 22.5 Å². The fourth-order valence-electron chi connectivity index (χ4n) is 2.80. The van der Waals surface area contributed by atoms with Crippen LogP contribution in [0.1, 0.15) is 5.76 Å². The number of furan rings is 1. The minimum absolute atomic E-state index is 0.130. The number of rotatable bonds is 8. The summed E-state index contributed by atoms with van der Waals surface area (Å²) in [5.74, 6) is 1.24. The molecule has 1 amide bonds. The Bertz CT molecular complexity index is 1220. The van der Waals surface area contributed by atoms with E-state index in [0.717, 1.165) is 11.3 Å². The van der Waals surface area contributed by atoms with E-state index in [4.69, 9.17) is 16.0 Å². The maximum Gasteiger partial charge on any atom is 0.250 e. The molecule has 0 atom stereocenters. The topological polar surface area (TPSA) is 85.3 Å². The number of halogens is 1. The fraction of sp³-hybridized carbons (Fsp3) is 0.0435. The number of hydrogen-bond donors (Lipinski definition) is 1. The second-order valence-corrected chi connectivity index (χ2v) is 7.84. The summed E-state index contributed by atoms with van der Waals surface area (Å²) in [5, 5.41) is 13.8. The third-order valence-corrected chi connectivity index (χ3v) is 5.42. The molecule has 0 saturated heterocycles. The molecule has 7 nitrogen and oxygen atoms in total. The van der Waals surface area contributed by atoms with Gasteiger partial charge in [-0.05, 0) is 60.7 Å². The van der Waals surface area contributed by atoms with Crippen LogP contribution in [0.3, 0.4) is 0 Å². The molecule has 1 N–H and O–H groups in total. The monoisotopic (exact) mass is 463 g/mol. The molecule has 2 aromatic carbocycles. The van der Waals surface area contributed by atoms with Gasteiger partial charge >= 0.3 is 0 Å². The van der Waals surface area contributed by atoms with Crippen molar-refractivity contribution in [3.05, 3.63) is 89.9 Å². The predicted octanol–water partition coefficient (Wildman–Crippen LogP) is 5.09. The first-order valence-corrected chi connectivity index (χ1v) is 11.0. The number of aromatic nitrogens is 3. The minimum Gasteiger partial charge on any atom is -0.465 e. The number of hydrogen-bond acceptors (Lipinski definition) is 6. The normalized spacial score (nSPS) is 11.4. The average molecular weight is 464 g/mol. The van der Waals surface area contributed by atoms with Gasteiger partial charge in [0.05, 0.1) is 12.0 Å². The van der Waals surface area contributed by atoms with Crippen molar-refractivity contribution in [2.45, 2.75) is 5.16 Å². The lowest BCUT2D eigenvalue weighted by Gasteiger charge is -2.10. The maximum atomic E-state index is 12.2. The lowest BCUT2D eigenvalue weighted by atomic mass is 10.2. The highest BCUT2D eigenvalue weighted by atomic mass is 35.5. The Labute approximate surface area is 193 Å². The molecule has 4 rings (SSSR count). The van der Waals surface area contributed by atoms with Crippen LogP contribution in [0.25, 0.3) is 23.2 Å². The zero-order valence-electron chi connectivity index (χ0n) is 16.8. The van der Waals surface area contributed by atoms with Crippen LogP contribution in [0, 0.1) is 0 Å². The van der Waals surface area contributed by atoms with Gasteiger partial charge < -0.3 is 4.42 Å². The van der Waals surface area contributed by atoms with Crippen molar-refractivity contribution in [3.8, 4) is 17.1 Å². The Balaban J connectivity index is 1.45. The molecule has 0 fully saturated rings. The SMILES string of the molecule is O=C(CSc1nnc(-c2ccc(Cl)cc2)n1-c1ccccc1)N/N=C\C=C/c1ccco1. The number of carbonyl (C=O) groups excluding carboxylic acids is 1. The first-order chi connectivity index (χ1) is 15.7. The van der Waals surface area contributed by atoms with Crippen LogP contribution in [-0.4, -0.2) is 32.6 Å². The van der Waals surface area contributed by atoms with Gasteiger partial charge in [0.2, 0.25) is 0 Å². The molecule has 0 bridgehead atoms. The van der Waals surface area contributed by atoms with Gasteiger partial charge in [-0.25, -0.2) is 5.43 Å². The first-order valence-electron chi connectivity index (χ1n) is 9.62. The molecule has 160 valence electrons. The Morgan fingerprint density at radius 2 is 1.91 bits per heavy atom. The Kier molecular flexibility index (Phi) is 7.16. The molecule has 0 radical (unpaired) electrons. The standard InChI is InChI=1S/C23H18ClN5O2S/c24-18-12-10-17(11-13-18)22-27-28-23(29(22)19-6-2-1-3-7-19)32-16-21(30)26-25-14-4-8-20-9-5-15-31-20/h1-15H,16H2,(H,26,30)/b8-4-,25-14-. The largest absolute Gasteiger partial charge is 0.465 e. The summed E-state index contributed by atoms with van der Waals surface area (Å²) in [4.78, 5) is 12.2. The van der Waals surface area contributed by atoms with Crippen molar-refractivity contribution >= 4 is 41.6 Å². The molecule has 0 unspecified atom stereocenters. The number of hydrazone groups is 1. The van der Waals surface area contributed by atoms with Crippen LogP contribution in [-0.2, 0) is 4.79 Å². The van der Waals surface area contributed by atoms with E-state index in [1.807, 2.05) is 53.1 Å². The molecule has 9 heteroatoms. The van der Waals surface area contributed by atoms with E-state index >= 15 is 0 Å². The van der Waals surface area contributed by atoms with Crippen molar-refractivity contribution in [2.24, 2.45) is 5.10 Å². The van der Waals surface area contributed by atoms with Crippen LogP contribution < -0.4 is 5.43 Å². The lowest BCUT2D eigenvalue weighted by molar-refractivity contribution is -0.118. The Morgan fingerprint density at radius 1 is 1.09 bits per heavy atom. The van der Waals surface area contributed by atoms with Gasteiger partial charge in [-0.3, -0.25) is 9.36 Å². The third-order valence-electron chi connectivity index (χ3n) is 4.24. The average Bonchev–Trinajstić information content (AvgIpc) is 3.48. The first kappa shape index (κ1) is 21.6. The summed E-state index contributed by atoms with van der Waals surface area (Å²) in [6.45, 7) is 0. The van der Waals surface area contributed by atoms with Crippen LogP contribution in [0.5, 0.6) is 0 Å². The quantitative estimate of drug-likeness (QED) is 0.223. The molecule has 0 aliphatic carbocycles. The number of nitrogens with zero attached hydrogens (tertiary/aromatic N) is 4. The fourth-order valence-corrected chi connectivity index (χ4v) is 3.67. The van der Waals surface area contributed by atoms with E-state index in [2.05, 4.69) is 20.7 Å². The van der Waals surface area contributed by atoms with Gasteiger partial charge in [-0.1, -0.05) is 41.6 Å². The summed E-state index contributed by atoms with van der Waals surface area (Å²) in [5.41, 5.74) is 4.26. The molecular formula is C23H18ClN5O2S. The highest BCUT2D eigenvalue weighted by Crippen LogP contribution is 2.28. The highest BCUT2D eigenvalue weighted by molar-refractivity contribution is 7.99. The Morgan fingerprint density at radius 3 is 2.66 bits per heavy atom. The smallest absolute Gasteiger partial charge is 0.250 e. The van der Waals surface area contributed by atoms with Crippen molar-refractivity contribution in [1.82, 2.24) is 20.2 Å². The lowest BCUT2D eigenvalue weighted by Crippen LogP contribution is -2.19. The van der Waals surface area contributed by atoms with E-state index in [9.17, 15) is 4.79 Å². The van der Waals surface area contributed by atoms with Crippen molar-refractivity contribution < 1.29 is 9.21 Å². The number of carbonyl (C=O) groups is 1. The zero-order valence-corrected chi connectivity index (χ0v) is 18.3. The third kappa shape index (κ3) is 5.54. The molecule has 32 heavy (non-hydrogen) atoms. The highest BCUT2D eigenvalue weighted by Gasteiger charge is 2.17. The summed E-state index contributed by atoms with van der Waals surface area (Å²) < 4.78 is 7.09. The van der Waals surface area contributed by atoms with E-state index in [1.165, 1.54) is 18.0 Å². The van der Waals surface area contributed by atoms with Crippen molar-refractivity contribution in [1.29, 1.82) is 0 Å². The van der Waals surface area contributed by atoms with Crippen LogP contribution in [0.15, 0.2) is 93.7 Å². The van der Waals surface area contributed by atoms with Crippen LogP contribution in [0.4, 0.5) is 0 Å². The molecule has 2 heterocycles. The van der Waals surface area contributed by atoms with Gasteiger partial charge in [0.25, 0.3) is 5.91 Å². The Hall–Kier alpha value is -3.62. The van der Waals surface area contributed by atoms with Gasteiger partial charge in [0.15, 0.2) is 11.0 Å². The van der Waals surface area contributed by atoms with E-state index < -0.39 is 0 Å². The number of amides is 1. The molecule has 0 saturated carbocycles. The maximum absolute atomic E-state index is 12.2. The molecule has 0 aliphatic rings. The summed E-state index contributed by atoms with van der Waals surface area (Å²) in [6, 6.07) is 20.7. The van der Waals surface area contributed by atoms with Crippen molar-refractivity contribution in [3.63, 3.8) is 0 Å². The molecule has 0 aliphatic heterocycles. The number of benzene rings is 2. The zero-order chi connectivity index (χ0) is 22.2. The van der Waals surface area contributed by atoms with E-state index in [1.54, 1.807) is 36.6 Å². The van der Waals surface area contributed by atoms with Crippen LogP contribution >= 0.6 is 23.4 Å². The van der Waals surface area contributed by atoms with Crippen LogP contribution in [0.2, 0.25) is 5.02 Å². The minimum atomic E-state index is -0.256. The second kappa shape index (κ2) is 10.6. The second-order valence-electron chi connectivity index (χ2n) is 6.46. The summed E-state index contributed by atoms with van der Waals surface area (Å²) >= 11 is 7.30. The number of thioether (sulfide) groups is 1.